The van der Waals surface area contributed by atoms with Crippen LogP contribution in [0, 0.1) is 5.82 Å². The SMILES string of the molecule is C=C(C)CNC(N)=NCC(O)c1ccc(Cl)c(F)c1.I. The van der Waals surface area contributed by atoms with Gasteiger partial charge in [-0.2, -0.15) is 0 Å². The molecule has 0 aliphatic rings. The summed E-state index contributed by atoms with van der Waals surface area (Å²) in [5.74, 6) is -0.368. The van der Waals surface area contributed by atoms with Gasteiger partial charge in [0.05, 0.1) is 17.7 Å². The van der Waals surface area contributed by atoms with Crippen LogP contribution in [0.3, 0.4) is 0 Å². The number of guanidine groups is 1. The molecule has 20 heavy (non-hydrogen) atoms. The van der Waals surface area contributed by atoms with Crippen LogP contribution in [0.15, 0.2) is 35.3 Å². The Balaban J connectivity index is 0.00000361. The smallest absolute Gasteiger partial charge is 0.188 e. The summed E-state index contributed by atoms with van der Waals surface area (Å²) in [7, 11) is 0. The molecule has 0 bridgehead atoms. The maximum atomic E-state index is 13.2. The minimum atomic E-state index is -0.933. The average molecular weight is 414 g/mol. The largest absolute Gasteiger partial charge is 0.386 e. The molecule has 1 aromatic rings. The summed E-state index contributed by atoms with van der Waals surface area (Å²) in [5.41, 5.74) is 6.91. The van der Waals surface area contributed by atoms with Gasteiger partial charge in [-0.1, -0.05) is 29.8 Å². The van der Waals surface area contributed by atoms with E-state index in [-0.39, 0.29) is 41.5 Å². The summed E-state index contributed by atoms with van der Waals surface area (Å²) in [6.07, 6.45) is -0.933. The topological polar surface area (TPSA) is 70.6 Å². The van der Waals surface area contributed by atoms with E-state index < -0.39 is 11.9 Å². The molecule has 0 fully saturated rings. The zero-order valence-corrected chi connectivity index (χ0v) is 14.2. The Morgan fingerprint density at radius 2 is 2.25 bits per heavy atom. The first-order valence-electron chi connectivity index (χ1n) is 5.71. The Labute approximate surface area is 139 Å². The second-order valence-electron chi connectivity index (χ2n) is 4.23. The third kappa shape index (κ3) is 6.53. The average Bonchev–Trinajstić information content (AvgIpc) is 2.36. The molecule has 0 heterocycles. The van der Waals surface area contributed by atoms with Crippen LogP contribution in [0.5, 0.6) is 0 Å². The fourth-order valence-corrected chi connectivity index (χ4v) is 1.42. The fraction of sp³-hybridized carbons (Fsp3) is 0.308. The molecule has 112 valence electrons. The summed E-state index contributed by atoms with van der Waals surface area (Å²) in [4.78, 5) is 3.96. The van der Waals surface area contributed by atoms with Crippen LogP contribution in [0.1, 0.15) is 18.6 Å². The van der Waals surface area contributed by atoms with Gasteiger partial charge >= 0.3 is 0 Å². The van der Waals surface area contributed by atoms with Gasteiger partial charge < -0.3 is 16.2 Å². The minimum Gasteiger partial charge on any atom is -0.386 e. The van der Waals surface area contributed by atoms with Crippen LogP contribution in [-0.2, 0) is 0 Å². The number of benzene rings is 1. The Hall–Kier alpha value is -0.860. The van der Waals surface area contributed by atoms with Crippen molar-refractivity contribution in [1.82, 2.24) is 5.32 Å². The van der Waals surface area contributed by atoms with E-state index in [9.17, 15) is 9.50 Å². The van der Waals surface area contributed by atoms with E-state index in [2.05, 4.69) is 16.9 Å². The molecule has 0 amide bonds. The molecule has 1 aromatic carbocycles. The molecule has 1 rings (SSSR count). The first-order valence-corrected chi connectivity index (χ1v) is 6.09. The number of aliphatic hydroxyl groups excluding tert-OH is 1. The predicted molar refractivity (Wildman–Crippen MR) is 91.1 cm³/mol. The Bertz CT molecular complexity index is 497. The number of halogens is 3. The van der Waals surface area contributed by atoms with Gasteiger partial charge in [0.25, 0.3) is 0 Å². The summed E-state index contributed by atoms with van der Waals surface area (Å²) in [6, 6.07) is 4.12. The molecule has 7 heteroatoms. The van der Waals surface area contributed by atoms with Crippen LogP contribution in [0.25, 0.3) is 0 Å². The van der Waals surface area contributed by atoms with Crippen molar-refractivity contribution in [3.63, 3.8) is 0 Å². The van der Waals surface area contributed by atoms with Crippen molar-refractivity contribution in [2.24, 2.45) is 10.7 Å². The highest BCUT2D eigenvalue weighted by molar-refractivity contribution is 14.0. The Kier molecular flexibility index (Phi) is 8.75. The van der Waals surface area contributed by atoms with E-state index in [0.29, 0.717) is 12.1 Å². The molecule has 0 radical (unpaired) electrons. The standard InChI is InChI=1S/C13H17ClFN3O.HI/c1-8(2)6-17-13(16)18-7-12(19)9-3-4-10(14)11(15)5-9;/h3-5,12,19H,1,6-7H2,2H3,(H3,16,17,18);1H. The lowest BCUT2D eigenvalue weighted by Gasteiger charge is -2.10. The van der Waals surface area contributed by atoms with Crippen LogP contribution >= 0.6 is 35.6 Å². The lowest BCUT2D eigenvalue weighted by Crippen LogP contribution is -2.33. The summed E-state index contributed by atoms with van der Waals surface area (Å²) in [5, 5.41) is 12.7. The zero-order valence-electron chi connectivity index (χ0n) is 11.1. The molecule has 4 N–H and O–H groups in total. The Morgan fingerprint density at radius 3 is 2.80 bits per heavy atom. The molecule has 0 spiro atoms. The van der Waals surface area contributed by atoms with Crippen molar-refractivity contribution >= 4 is 41.5 Å². The predicted octanol–water partition coefficient (Wildman–Crippen LogP) is 2.61. The number of rotatable bonds is 5. The number of nitrogens with two attached hydrogens (primary N) is 1. The third-order valence-corrected chi connectivity index (χ3v) is 2.64. The normalized spacial score (nSPS) is 12.5. The van der Waals surface area contributed by atoms with E-state index in [1.165, 1.54) is 12.1 Å². The summed E-state index contributed by atoms with van der Waals surface area (Å²) < 4.78 is 13.2. The van der Waals surface area contributed by atoms with Gasteiger partial charge in [-0.15, -0.1) is 24.0 Å². The molecule has 1 unspecified atom stereocenters. The molecule has 0 saturated carbocycles. The van der Waals surface area contributed by atoms with E-state index in [1.807, 2.05) is 6.92 Å². The van der Waals surface area contributed by atoms with Crippen LogP contribution < -0.4 is 11.1 Å². The molecule has 0 aromatic heterocycles. The lowest BCUT2D eigenvalue weighted by molar-refractivity contribution is 0.186. The molecular weight excluding hydrogens is 396 g/mol. The van der Waals surface area contributed by atoms with Crippen molar-refractivity contribution in [3.8, 4) is 0 Å². The van der Waals surface area contributed by atoms with Gasteiger partial charge in [-0.3, -0.25) is 4.99 Å². The fourth-order valence-electron chi connectivity index (χ4n) is 1.31. The highest BCUT2D eigenvalue weighted by Gasteiger charge is 2.09. The number of hydrogen-bond donors (Lipinski definition) is 3. The number of aliphatic hydroxyl groups is 1. The van der Waals surface area contributed by atoms with Gasteiger partial charge in [0.15, 0.2) is 5.96 Å². The van der Waals surface area contributed by atoms with Crippen molar-refractivity contribution in [2.75, 3.05) is 13.1 Å². The van der Waals surface area contributed by atoms with E-state index in [1.54, 1.807) is 6.07 Å². The molecule has 4 nitrogen and oxygen atoms in total. The highest BCUT2D eigenvalue weighted by atomic mass is 127. The van der Waals surface area contributed by atoms with E-state index in [0.717, 1.165) is 5.57 Å². The van der Waals surface area contributed by atoms with E-state index in [4.69, 9.17) is 17.3 Å². The maximum Gasteiger partial charge on any atom is 0.188 e. The number of nitrogens with one attached hydrogen (secondary N) is 1. The van der Waals surface area contributed by atoms with E-state index >= 15 is 0 Å². The summed E-state index contributed by atoms with van der Waals surface area (Å²) >= 11 is 5.56. The van der Waals surface area contributed by atoms with Crippen LogP contribution in [-0.4, -0.2) is 24.2 Å². The van der Waals surface area contributed by atoms with Gasteiger partial charge in [-0.25, -0.2) is 4.39 Å². The molecular formula is C13H18ClFIN3O. The highest BCUT2D eigenvalue weighted by Crippen LogP contribution is 2.20. The Morgan fingerprint density at radius 1 is 1.60 bits per heavy atom. The van der Waals surface area contributed by atoms with Gasteiger partial charge in [0.1, 0.15) is 5.82 Å². The van der Waals surface area contributed by atoms with Crippen molar-refractivity contribution in [2.45, 2.75) is 13.0 Å². The minimum absolute atomic E-state index is 0. The molecule has 0 aliphatic heterocycles. The third-order valence-electron chi connectivity index (χ3n) is 2.33. The van der Waals surface area contributed by atoms with Gasteiger partial charge in [0.2, 0.25) is 0 Å². The van der Waals surface area contributed by atoms with Gasteiger partial charge in [0, 0.05) is 6.54 Å². The second kappa shape index (κ2) is 9.15. The van der Waals surface area contributed by atoms with Crippen molar-refractivity contribution in [3.05, 3.63) is 46.8 Å². The first kappa shape index (κ1) is 19.1. The van der Waals surface area contributed by atoms with Gasteiger partial charge in [-0.05, 0) is 24.6 Å². The number of hydrogen-bond acceptors (Lipinski definition) is 2. The lowest BCUT2D eigenvalue weighted by atomic mass is 10.1. The van der Waals surface area contributed by atoms with Crippen LogP contribution in [0.4, 0.5) is 4.39 Å². The quantitative estimate of drug-likeness (QED) is 0.301. The first-order chi connectivity index (χ1) is 8.90. The van der Waals surface area contributed by atoms with Crippen molar-refractivity contribution in [1.29, 1.82) is 0 Å². The maximum absolute atomic E-state index is 13.2. The number of aliphatic imine (C=N–C) groups is 1. The second-order valence-corrected chi connectivity index (χ2v) is 4.63. The van der Waals surface area contributed by atoms with Crippen molar-refractivity contribution < 1.29 is 9.50 Å². The molecule has 0 aliphatic carbocycles. The monoisotopic (exact) mass is 413 g/mol. The van der Waals surface area contributed by atoms with Crippen LogP contribution in [0.2, 0.25) is 5.02 Å². The zero-order chi connectivity index (χ0) is 14.4. The molecule has 0 saturated heterocycles. The molecule has 1 atom stereocenters. The number of nitrogens with zero attached hydrogens (tertiary/aromatic N) is 1. The summed E-state index contributed by atoms with van der Waals surface area (Å²) in [6.45, 7) is 6.12.